The second-order valence-corrected chi connectivity index (χ2v) is 7.04. The molecule has 1 rings (SSSR count). The molecule has 0 unspecified atom stereocenters. The molecule has 2 N–H and O–H groups in total. The van der Waals surface area contributed by atoms with Gasteiger partial charge in [0, 0.05) is 11.2 Å². The molecule has 0 spiro atoms. The summed E-state index contributed by atoms with van der Waals surface area (Å²) in [4.78, 5) is 23.7. The van der Waals surface area contributed by atoms with Crippen LogP contribution >= 0.6 is 0 Å². The lowest BCUT2D eigenvalue weighted by molar-refractivity contribution is -0.137. The van der Waals surface area contributed by atoms with Crippen LogP contribution in [0.5, 0.6) is 0 Å². The molecule has 0 aliphatic heterocycles. The number of hydrogen-bond donors (Lipinski definition) is 2. The Labute approximate surface area is 125 Å². The summed E-state index contributed by atoms with van der Waals surface area (Å²) in [5.41, 5.74) is -0.0789. The highest BCUT2D eigenvalue weighted by molar-refractivity contribution is 6.39. The van der Waals surface area contributed by atoms with Gasteiger partial charge in [-0.2, -0.15) is 0 Å². The van der Waals surface area contributed by atoms with Crippen molar-refractivity contribution in [3.63, 3.8) is 0 Å². The van der Waals surface area contributed by atoms with Gasteiger partial charge in [-0.3, -0.25) is 9.59 Å². The number of benzene rings is 1. The van der Waals surface area contributed by atoms with Crippen LogP contribution < -0.4 is 10.6 Å². The quantitative estimate of drug-likeness (QED) is 0.842. The van der Waals surface area contributed by atoms with E-state index in [1.165, 1.54) is 24.3 Å². The summed E-state index contributed by atoms with van der Waals surface area (Å²) in [6, 6.07) is 5.25. The van der Waals surface area contributed by atoms with Crippen LogP contribution in [0, 0.1) is 11.2 Å². The van der Waals surface area contributed by atoms with Crippen LogP contribution in [0.1, 0.15) is 41.0 Å². The van der Waals surface area contributed by atoms with Gasteiger partial charge in [0.25, 0.3) is 0 Å². The monoisotopic (exact) mass is 294 g/mol. The summed E-state index contributed by atoms with van der Waals surface area (Å²) in [5.74, 6) is -1.86. The summed E-state index contributed by atoms with van der Waals surface area (Å²) < 4.78 is 12.8. The smallest absolute Gasteiger partial charge is 0.313 e. The van der Waals surface area contributed by atoms with Crippen molar-refractivity contribution in [1.29, 1.82) is 0 Å². The zero-order valence-corrected chi connectivity index (χ0v) is 13.2. The molecule has 1 aromatic carbocycles. The number of carbonyl (C=O) groups excluding carboxylic acids is 2. The van der Waals surface area contributed by atoms with E-state index in [4.69, 9.17) is 0 Å². The topological polar surface area (TPSA) is 58.2 Å². The van der Waals surface area contributed by atoms with E-state index in [9.17, 15) is 14.0 Å². The number of anilines is 1. The van der Waals surface area contributed by atoms with E-state index in [0.717, 1.165) is 6.42 Å². The van der Waals surface area contributed by atoms with Crippen LogP contribution in [0.4, 0.5) is 10.1 Å². The van der Waals surface area contributed by atoms with Crippen molar-refractivity contribution >= 4 is 17.5 Å². The van der Waals surface area contributed by atoms with E-state index >= 15 is 0 Å². The molecular weight excluding hydrogens is 271 g/mol. The Balaban J connectivity index is 2.62. The zero-order valence-electron chi connectivity index (χ0n) is 13.2. The first-order valence-electron chi connectivity index (χ1n) is 6.88. The first-order chi connectivity index (χ1) is 9.48. The number of rotatable bonds is 3. The first kappa shape index (κ1) is 17.1. The number of halogens is 1. The van der Waals surface area contributed by atoms with Gasteiger partial charge < -0.3 is 10.6 Å². The predicted octanol–water partition coefficient (Wildman–Crippen LogP) is 3.10. The maximum atomic E-state index is 12.8. The molecule has 0 saturated heterocycles. The van der Waals surface area contributed by atoms with Gasteiger partial charge in [0.15, 0.2) is 0 Å². The van der Waals surface area contributed by atoms with Crippen molar-refractivity contribution in [1.82, 2.24) is 5.32 Å². The number of carbonyl (C=O) groups is 2. The minimum absolute atomic E-state index is 0.0320. The van der Waals surface area contributed by atoms with E-state index in [1.54, 1.807) is 0 Å². The van der Waals surface area contributed by atoms with E-state index in [2.05, 4.69) is 31.4 Å². The van der Waals surface area contributed by atoms with Crippen LogP contribution in [-0.4, -0.2) is 17.4 Å². The van der Waals surface area contributed by atoms with Crippen molar-refractivity contribution < 1.29 is 14.0 Å². The second kappa shape index (κ2) is 6.24. The summed E-state index contributed by atoms with van der Waals surface area (Å²) in [6.45, 7) is 9.96. The third kappa shape index (κ3) is 6.38. The Morgan fingerprint density at radius 1 is 1.00 bits per heavy atom. The fourth-order valence-electron chi connectivity index (χ4n) is 2.46. The van der Waals surface area contributed by atoms with Crippen LogP contribution in [0.25, 0.3) is 0 Å². The first-order valence-corrected chi connectivity index (χ1v) is 6.88. The average molecular weight is 294 g/mol. The van der Waals surface area contributed by atoms with Gasteiger partial charge >= 0.3 is 11.8 Å². The van der Waals surface area contributed by atoms with Crippen LogP contribution in [0.2, 0.25) is 0 Å². The summed E-state index contributed by atoms with van der Waals surface area (Å²) in [7, 11) is 0. The molecule has 0 bridgehead atoms. The largest absolute Gasteiger partial charge is 0.343 e. The molecule has 0 saturated carbocycles. The molecule has 116 valence electrons. The van der Waals surface area contributed by atoms with E-state index in [-0.39, 0.29) is 5.41 Å². The standard InChI is InChI=1S/C16H23FN2O2/c1-15(2,3)10-16(4,5)19-14(21)13(20)18-12-8-6-11(17)7-9-12/h6-9H,10H2,1-5H3,(H,18,20)(H,19,21). The van der Waals surface area contributed by atoms with Crippen LogP contribution in [0.15, 0.2) is 24.3 Å². The molecule has 0 radical (unpaired) electrons. The molecule has 5 heteroatoms. The molecule has 0 aliphatic carbocycles. The fourth-order valence-corrected chi connectivity index (χ4v) is 2.46. The average Bonchev–Trinajstić information content (AvgIpc) is 2.28. The Kier molecular flexibility index (Phi) is 5.10. The summed E-state index contributed by atoms with van der Waals surface area (Å²) >= 11 is 0. The Morgan fingerprint density at radius 2 is 1.52 bits per heavy atom. The van der Waals surface area contributed by atoms with Gasteiger partial charge in [-0.05, 0) is 49.9 Å². The van der Waals surface area contributed by atoms with Crippen molar-refractivity contribution in [3.05, 3.63) is 30.1 Å². The maximum absolute atomic E-state index is 12.8. The van der Waals surface area contributed by atoms with Gasteiger partial charge in [-0.25, -0.2) is 4.39 Å². The molecule has 0 aromatic heterocycles. The third-order valence-corrected chi connectivity index (χ3v) is 2.73. The van der Waals surface area contributed by atoms with Crippen LogP contribution in [0.3, 0.4) is 0 Å². The highest BCUT2D eigenvalue weighted by Crippen LogP contribution is 2.26. The molecule has 2 amide bonds. The molecule has 4 nitrogen and oxygen atoms in total. The van der Waals surface area contributed by atoms with E-state index in [1.807, 2.05) is 13.8 Å². The molecule has 0 heterocycles. The molecule has 0 aliphatic rings. The molecule has 21 heavy (non-hydrogen) atoms. The lowest BCUT2D eigenvalue weighted by Gasteiger charge is -2.33. The predicted molar refractivity (Wildman–Crippen MR) is 81.3 cm³/mol. The van der Waals surface area contributed by atoms with Crippen molar-refractivity contribution in [2.24, 2.45) is 5.41 Å². The number of amides is 2. The molecular formula is C16H23FN2O2. The Hall–Kier alpha value is -1.91. The molecule has 0 fully saturated rings. The van der Waals surface area contributed by atoms with E-state index in [0.29, 0.717) is 5.69 Å². The van der Waals surface area contributed by atoms with Gasteiger partial charge in [0.2, 0.25) is 0 Å². The maximum Gasteiger partial charge on any atom is 0.313 e. The van der Waals surface area contributed by atoms with Crippen molar-refractivity contribution in [3.8, 4) is 0 Å². The number of hydrogen-bond acceptors (Lipinski definition) is 2. The van der Waals surface area contributed by atoms with Crippen molar-refractivity contribution in [2.75, 3.05) is 5.32 Å². The number of nitrogens with one attached hydrogen (secondary N) is 2. The lowest BCUT2D eigenvalue weighted by Crippen LogP contribution is -2.49. The highest BCUT2D eigenvalue weighted by Gasteiger charge is 2.29. The Bertz CT molecular complexity index is 516. The summed E-state index contributed by atoms with van der Waals surface area (Å²) in [5, 5.41) is 5.16. The lowest BCUT2D eigenvalue weighted by atomic mass is 9.82. The van der Waals surface area contributed by atoms with Gasteiger partial charge in [0.1, 0.15) is 5.82 Å². The minimum atomic E-state index is -0.761. The summed E-state index contributed by atoms with van der Waals surface area (Å²) in [6.07, 6.45) is 0.732. The molecule has 0 atom stereocenters. The highest BCUT2D eigenvalue weighted by atomic mass is 19.1. The third-order valence-electron chi connectivity index (χ3n) is 2.73. The van der Waals surface area contributed by atoms with Gasteiger partial charge in [-0.15, -0.1) is 0 Å². The van der Waals surface area contributed by atoms with Crippen molar-refractivity contribution in [2.45, 2.75) is 46.6 Å². The molecule has 1 aromatic rings. The van der Waals surface area contributed by atoms with Crippen LogP contribution in [-0.2, 0) is 9.59 Å². The minimum Gasteiger partial charge on any atom is -0.343 e. The van der Waals surface area contributed by atoms with Gasteiger partial charge in [0.05, 0.1) is 0 Å². The normalized spacial score (nSPS) is 11.9. The zero-order chi connectivity index (χ0) is 16.3. The fraction of sp³-hybridized carbons (Fsp3) is 0.500. The second-order valence-electron chi connectivity index (χ2n) is 7.04. The van der Waals surface area contributed by atoms with Gasteiger partial charge in [-0.1, -0.05) is 20.8 Å². The Morgan fingerprint density at radius 3 is 2.00 bits per heavy atom. The SMILES string of the molecule is CC(C)(C)CC(C)(C)NC(=O)C(=O)Nc1ccc(F)cc1. The van der Waals surface area contributed by atoms with E-state index < -0.39 is 23.2 Å².